The van der Waals surface area contributed by atoms with E-state index in [4.69, 9.17) is 4.74 Å². The van der Waals surface area contributed by atoms with Crippen molar-refractivity contribution in [2.45, 2.75) is 57.9 Å². The maximum atomic E-state index is 12.7. The highest BCUT2D eigenvalue weighted by atomic mass is 19.3. The topological polar surface area (TPSA) is 71.8 Å². The van der Waals surface area contributed by atoms with Crippen molar-refractivity contribution in [3.05, 3.63) is 58.5 Å². The normalized spacial score (nSPS) is 18.4. The first kappa shape index (κ1) is 22.0. The molecule has 3 rings (SSSR count). The molecule has 0 spiro atoms. The summed E-state index contributed by atoms with van der Waals surface area (Å²) in [4.78, 5) is 25.9. The van der Waals surface area contributed by atoms with E-state index in [1.807, 2.05) is 19.1 Å². The lowest BCUT2D eigenvalue weighted by molar-refractivity contribution is -0.0309. The Bertz CT molecular complexity index is 951. The van der Waals surface area contributed by atoms with Crippen LogP contribution in [0.15, 0.2) is 47.4 Å². The number of pyridine rings is 1. The maximum absolute atomic E-state index is 12.7. The van der Waals surface area contributed by atoms with Gasteiger partial charge in [-0.25, -0.2) is 4.79 Å². The van der Waals surface area contributed by atoms with Gasteiger partial charge in [-0.2, -0.15) is 8.78 Å². The molecular formula is C22H26F2N2O4. The Kier molecular flexibility index (Phi) is 6.26. The monoisotopic (exact) mass is 420 g/mol. The summed E-state index contributed by atoms with van der Waals surface area (Å²) in [5.74, 6) is 0. The number of hydrogen-bond donors (Lipinski definition) is 1. The van der Waals surface area contributed by atoms with Gasteiger partial charge >= 0.3 is 12.6 Å². The van der Waals surface area contributed by atoms with Crippen LogP contribution in [0.1, 0.15) is 51.8 Å². The lowest BCUT2D eigenvalue weighted by Crippen LogP contribution is -2.45. The van der Waals surface area contributed by atoms with Crippen LogP contribution in [-0.4, -0.2) is 38.9 Å². The van der Waals surface area contributed by atoms with E-state index in [-0.39, 0.29) is 12.1 Å². The van der Waals surface area contributed by atoms with E-state index in [1.54, 1.807) is 30.9 Å². The van der Waals surface area contributed by atoms with Crippen molar-refractivity contribution in [2.75, 3.05) is 6.54 Å². The summed E-state index contributed by atoms with van der Waals surface area (Å²) in [7, 11) is 0. The van der Waals surface area contributed by atoms with E-state index < -0.39 is 23.8 Å². The number of ether oxygens (including phenoxy) is 1. The second kappa shape index (κ2) is 8.55. The van der Waals surface area contributed by atoms with Crippen molar-refractivity contribution in [2.24, 2.45) is 0 Å². The summed E-state index contributed by atoms with van der Waals surface area (Å²) in [6, 6.07) is 9.69. The Morgan fingerprint density at radius 3 is 2.37 bits per heavy atom. The van der Waals surface area contributed by atoms with Gasteiger partial charge in [-0.05, 0) is 43.5 Å². The summed E-state index contributed by atoms with van der Waals surface area (Å²) in [5, 5.41) is 9.93. The van der Waals surface area contributed by atoms with Gasteiger partial charge in [0, 0.05) is 31.6 Å². The molecule has 1 aliphatic rings. The molecule has 1 aromatic heterocycles. The molecule has 0 saturated carbocycles. The van der Waals surface area contributed by atoms with Gasteiger partial charge in [-0.3, -0.25) is 9.36 Å². The molecule has 162 valence electrons. The van der Waals surface area contributed by atoms with E-state index >= 15 is 0 Å². The van der Waals surface area contributed by atoms with Gasteiger partial charge < -0.3 is 14.7 Å². The molecule has 30 heavy (non-hydrogen) atoms. The molecule has 1 fully saturated rings. The van der Waals surface area contributed by atoms with Gasteiger partial charge in [0.05, 0.1) is 11.6 Å². The third-order valence-corrected chi connectivity index (χ3v) is 5.27. The number of rotatable bonds is 6. The van der Waals surface area contributed by atoms with Crippen molar-refractivity contribution >= 4 is 6.09 Å². The Morgan fingerprint density at radius 1 is 1.17 bits per heavy atom. The lowest BCUT2D eigenvalue weighted by atomic mass is 9.97. The highest BCUT2D eigenvalue weighted by molar-refractivity contribution is 5.69. The standard InChI is InChI=1S/C22H26F2N2O4/c1-14(25-11-9-18(30-21(25)28)13-22(2,3)29)15-4-6-16(7-5-15)17-8-10-26(20(23)24)19(27)12-17/h4-8,10,12,14,18,20,29H,9,11,13H2,1-3H3. The molecule has 0 aliphatic carbocycles. The molecule has 2 heterocycles. The fraction of sp³-hybridized carbons (Fsp3) is 0.455. The van der Waals surface area contributed by atoms with Crippen LogP contribution < -0.4 is 5.56 Å². The molecule has 1 N–H and O–H groups in total. The Morgan fingerprint density at radius 2 is 1.83 bits per heavy atom. The molecule has 1 aromatic carbocycles. The number of alkyl halides is 2. The molecule has 6 nitrogen and oxygen atoms in total. The number of carbonyl (C=O) groups excluding carboxylic acids is 1. The van der Waals surface area contributed by atoms with Gasteiger partial charge in [-0.1, -0.05) is 24.3 Å². The molecule has 8 heteroatoms. The number of carbonyl (C=O) groups is 1. The number of halogens is 2. The van der Waals surface area contributed by atoms with Gasteiger partial charge in [0.15, 0.2) is 0 Å². The number of aliphatic hydroxyl groups is 1. The number of aromatic nitrogens is 1. The second-order valence-corrected chi connectivity index (χ2v) is 8.24. The van der Waals surface area contributed by atoms with Crippen LogP contribution in [0.25, 0.3) is 11.1 Å². The SMILES string of the molecule is CC(c1ccc(-c2ccn(C(F)F)c(=O)c2)cc1)N1CCC(CC(C)(C)O)OC1=O. The Hall–Kier alpha value is -2.74. The summed E-state index contributed by atoms with van der Waals surface area (Å²) in [6.07, 6.45) is 1.38. The van der Waals surface area contributed by atoms with Gasteiger partial charge in [0.1, 0.15) is 6.10 Å². The number of amides is 1. The van der Waals surface area contributed by atoms with Crippen LogP contribution in [0.4, 0.5) is 13.6 Å². The number of benzene rings is 1. The van der Waals surface area contributed by atoms with Crippen molar-refractivity contribution in [3.8, 4) is 11.1 Å². The van der Waals surface area contributed by atoms with E-state index in [1.165, 1.54) is 12.1 Å². The third kappa shape index (κ3) is 5.05. The zero-order valence-corrected chi connectivity index (χ0v) is 17.2. The van der Waals surface area contributed by atoms with Crippen LogP contribution in [0.2, 0.25) is 0 Å². The molecule has 2 atom stereocenters. The Labute approximate surface area is 173 Å². The molecule has 1 amide bonds. The average Bonchev–Trinajstić information content (AvgIpc) is 2.66. The van der Waals surface area contributed by atoms with Crippen molar-refractivity contribution in [1.82, 2.24) is 9.47 Å². The van der Waals surface area contributed by atoms with Crippen LogP contribution in [-0.2, 0) is 4.74 Å². The van der Waals surface area contributed by atoms with Gasteiger partial charge in [0.2, 0.25) is 0 Å². The van der Waals surface area contributed by atoms with E-state index in [0.717, 1.165) is 17.3 Å². The van der Waals surface area contributed by atoms with E-state index in [2.05, 4.69) is 0 Å². The zero-order valence-electron chi connectivity index (χ0n) is 17.2. The second-order valence-electron chi connectivity index (χ2n) is 8.24. The first-order valence-electron chi connectivity index (χ1n) is 9.85. The largest absolute Gasteiger partial charge is 0.446 e. The predicted octanol–water partition coefficient (Wildman–Crippen LogP) is 4.34. The maximum Gasteiger partial charge on any atom is 0.410 e. The number of hydrogen-bond acceptors (Lipinski definition) is 4. The summed E-state index contributed by atoms with van der Waals surface area (Å²) >= 11 is 0. The van der Waals surface area contributed by atoms with Crippen molar-refractivity contribution in [3.63, 3.8) is 0 Å². The molecule has 1 saturated heterocycles. The van der Waals surface area contributed by atoms with Crippen molar-refractivity contribution < 1.29 is 23.4 Å². The molecule has 2 aromatic rings. The first-order valence-corrected chi connectivity index (χ1v) is 9.85. The van der Waals surface area contributed by atoms with Crippen LogP contribution in [0, 0.1) is 0 Å². The minimum atomic E-state index is -2.87. The van der Waals surface area contributed by atoms with Crippen molar-refractivity contribution in [1.29, 1.82) is 0 Å². The van der Waals surface area contributed by atoms with Gasteiger partial charge in [0.25, 0.3) is 5.56 Å². The molecular weight excluding hydrogens is 394 g/mol. The smallest absolute Gasteiger partial charge is 0.410 e. The highest BCUT2D eigenvalue weighted by Crippen LogP contribution is 2.29. The third-order valence-electron chi connectivity index (χ3n) is 5.27. The minimum absolute atomic E-state index is 0.221. The number of nitrogens with zero attached hydrogens (tertiary/aromatic N) is 2. The first-order chi connectivity index (χ1) is 14.0. The fourth-order valence-corrected chi connectivity index (χ4v) is 3.66. The minimum Gasteiger partial charge on any atom is -0.446 e. The molecule has 2 unspecified atom stereocenters. The van der Waals surface area contributed by atoms with Gasteiger partial charge in [-0.15, -0.1) is 0 Å². The quantitative estimate of drug-likeness (QED) is 0.755. The summed E-state index contributed by atoms with van der Waals surface area (Å²) < 4.78 is 31.3. The van der Waals surface area contributed by atoms with Crippen LogP contribution in [0.5, 0.6) is 0 Å². The summed E-state index contributed by atoms with van der Waals surface area (Å²) in [6.45, 7) is 2.92. The van der Waals surface area contributed by atoms with Crippen LogP contribution >= 0.6 is 0 Å². The predicted molar refractivity (Wildman–Crippen MR) is 108 cm³/mol. The highest BCUT2D eigenvalue weighted by Gasteiger charge is 2.33. The lowest BCUT2D eigenvalue weighted by Gasteiger charge is -2.37. The molecule has 0 radical (unpaired) electrons. The molecule has 0 bridgehead atoms. The van der Waals surface area contributed by atoms with Crippen LogP contribution in [0.3, 0.4) is 0 Å². The van der Waals surface area contributed by atoms with E-state index in [0.29, 0.717) is 29.5 Å². The molecule has 1 aliphatic heterocycles. The average molecular weight is 420 g/mol. The van der Waals surface area contributed by atoms with E-state index in [9.17, 15) is 23.5 Å². The fourth-order valence-electron chi connectivity index (χ4n) is 3.66. The zero-order chi connectivity index (χ0) is 22.1. The summed E-state index contributed by atoms with van der Waals surface area (Å²) in [5.41, 5.74) is 0.484. The Balaban J connectivity index is 1.70. The number of cyclic esters (lactones) is 1.